The number of aryl methyl sites for hydroxylation is 1. The van der Waals surface area contributed by atoms with Crippen molar-refractivity contribution >= 4 is 5.91 Å². The Morgan fingerprint density at radius 1 is 1.03 bits per heavy atom. The summed E-state index contributed by atoms with van der Waals surface area (Å²) in [6.45, 7) is 0. The lowest BCUT2D eigenvalue weighted by molar-refractivity contribution is 0.0730. The maximum absolute atomic E-state index is 13.1. The number of rotatable bonds is 6. The van der Waals surface area contributed by atoms with E-state index in [9.17, 15) is 9.90 Å². The first-order valence-corrected chi connectivity index (χ1v) is 12.1. The Labute approximate surface area is 196 Å². The summed E-state index contributed by atoms with van der Waals surface area (Å²) in [5.41, 5.74) is 5.32. The molecule has 170 valence electrons. The molecule has 0 bridgehead atoms. The van der Waals surface area contributed by atoms with Crippen LogP contribution in [0.2, 0.25) is 0 Å². The second-order valence-corrected chi connectivity index (χ2v) is 9.71. The molecule has 3 aromatic rings. The standard InChI is InChI=1S/C29H32N2O2/c1-31(27-16-15-26-25(27)8-5-17-30-26)29(33)23-12-9-20(10-13-23)18-21-11-14-24(19-21)28(32)22-6-3-2-4-7-22/h2-10,12-13,17,21,24,27-28,32H,11,14-16,18-19H2,1H3/t21-,24-,27?,28+/m0/s1. The van der Waals surface area contributed by atoms with Gasteiger partial charge in [-0.15, -0.1) is 0 Å². The zero-order chi connectivity index (χ0) is 22.8. The van der Waals surface area contributed by atoms with E-state index in [-0.39, 0.29) is 18.1 Å². The maximum atomic E-state index is 13.1. The minimum absolute atomic E-state index is 0.0650. The largest absolute Gasteiger partial charge is 0.388 e. The number of carbonyl (C=O) groups is 1. The van der Waals surface area contributed by atoms with Crippen molar-refractivity contribution in [2.24, 2.45) is 11.8 Å². The van der Waals surface area contributed by atoms with Gasteiger partial charge in [0.05, 0.1) is 12.1 Å². The van der Waals surface area contributed by atoms with Gasteiger partial charge in [-0.1, -0.05) is 48.5 Å². The second-order valence-electron chi connectivity index (χ2n) is 9.71. The summed E-state index contributed by atoms with van der Waals surface area (Å²) in [4.78, 5) is 19.5. The number of aliphatic hydroxyl groups excluding tert-OH is 1. The van der Waals surface area contributed by atoms with Crippen LogP contribution >= 0.6 is 0 Å². The SMILES string of the molecule is CN(C(=O)c1ccc(C[C@@H]2CC[C@H]([C@H](O)c3ccccc3)C2)cc1)C1CCc2ncccc21. The van der Waals surface area contributed by atoms with Crippen LogP contribution in [0.4, 0.5) is 0 Å². The van der Waals surface area contributed by atoms with Crippen molar-refractivity contribution < 1.29 is 9.90 Å². The molecule has 1 fully saturated rings. The summed E-state index contributed by atoms with van der Waals surface area (Å²) < 4.78 is 0. The van der Waals surface area contributed by atoms with Gasteiger partial charge < -0.3 is 10.0 Å². The topological polar surface area (TPSA) is 53.4 Å². The maximum Gasteiger partial charge on any atom is 0.254 e. The Morgan fingerprint density at radius 3 is 2.61 bits per heavy atom. The average Bonchev–Trinajstić information content (AvgIpc) is 3.51. The van der Waals surface area contributed by atoms with Crippen molar-refractivity contribution in [1.82, 2.24) is 9.88 Å². The number of carbonyl (C=O) groups excluding carboxylic acids is 1. The van der Waals surface area contributed by atoms with E-state index < -0.39 is 0 Å². The van der Waals surface area contributed by atoms with Crippen LogP contribution in [-0.2, 0) is 12.8 Å². The molecule has 2 aliphatic rings. The molecule has 0 radical (unpaired) electrons. The molecule has 4 nitrogen and oxygen atoms in total. The number of aromatic nitrogens is 1. The molecule has 0 spiro atoms. The Balaban J connectivity index is 1.19. The highest BCUT2D eigenvalue weighted by Gasteiger charge is 2.31. The number of aliphatic hydroxyl groups is 1. The van der Waals surface area contributed by atoms with Crippen LogP contribution in [0.25, 0.3) is 0 Å². The van der Waals surface area contributed by atoms with Gasteiger partial charge in [0.2, 0.25) is 0 Å². The first-order valence-electron chi connectivity index (χ1n) is 12.1. The summed E-state index contributed by atoms with van der Waals surface area (Å²) in [5.74, 6) is 0.978. The molecule has 1 N–H and O–H groups in total. The lowest BCUT2D eigenvalue weighted by atomic mass is 9.91. The van der Waals surface area contributed by atoms with Crippen molar-refractivity contribution in [2.75, 3.05) is 7.05 Å². The minimum Gasteiger partial charge on any atom is -0.388 e. The van der Waals surface area contributed by atoms with Gasteiger partial charge in [0.1, 0.15) is 0 Å². The van der Waals surface area contributed by atoms with Crippen LogP contribution in [0, 0.1) is 11.8 Å². The molecule has 5 rings (SSSR count). The van der Waals surface area contributed by atoms with Gasteiger partial charge in [0, 0.05) is 24.5 Å². The number of hydrogen-bond acceptors (Lipinski definition) is 3. The Hall–Kier alpha value is -2.98. The third kappa shape index (κ3) is 4.58. The van der Waals surface area contributed by atoms with Gasteiger partial charge in [-0.25, -0.2) is 0 Å². The van der Waals surface area contributed by atoms with Crippen molar-refractivity contribution in [3.8, 4) is 0 Å². The fourth-order valence-corrected chi connectivity index (χ4v) is 5.76. The van der Waals surface area contributed by atoms with Gasteiger partial charge >= 0.3 is 0 Å². The van der Waals surface area contributed by atoms with Crippen LogP contribution in [0.1, 0.15) is 70.6 Å². The van der Waals surface area contributed by atoms with E-state index >= 15 is 0 Å². The molecule has 0 saturated heterocycles. The summed E-state index contributed by atoms with van der Waals surface area (Å²) in [7, 11) is 1.90. The molecule has 1 amide bonds. The second kappa shape index (κ2) is 9.48. The molecule has 1 saturated carbocycles. The van der Waals surface area contributed by atoms with E-state index in [1.54, 1.807) is 0 Å². The molecule has 33 heavy (non-hydrogen) atoms. The molecular weight excluding hydrogens is 408 g/mol. The van der Waals surface area contributed by atoms with Gasteiger partial charge in [0.25, 0.3) is 5.91 Å². The average molecular weight is 441 g/mol. The molecule has 1 heterocycles. The van der Waals surface area contributed by atoms with Crippen molar-refractivity contribution in [3.05, 3.63) is 101 Å². The quantitative estimate of drug-likeness (QED) is 0.548. The lowest BCUT2D eigenvalue weighted by Crippen LogP contribution is -2.30. The highest BCUT2D eigenvalue weighted by atomic mass is 16.3. The summed E-state index contributed by atoms with van der Waals surface area (Å²) in [6, 6.07) is 22.3. The minimum atomic E-state index is -0.373. The molecule has 1 unspecified atom stereocenters. The molecule has 4 atom stereocenters. The monoisotopic (exact) mass is 440 g/mol. The first-order chi connectivity index (χ1) is 16.1. The lowest BCUT2D eigenvalue weighted by Gasteiger charge is -2.25. The van der Waals surface area contributed by atoms with E-state index in [0.29, 0.717) is 11.8 Å². The summed E-state index contributed by atoms with van der Waals surface area (Å²) in [6.07, 6.45) is 7.59. The van der Waals surface area contributed by atoms with E-state index in [0.717, 1.165) is 55.3 Å². The third-order valence-corrected chi connectivity index (χ3v) is 7.62. The van der Waals surface area contributed by atoms with Crippen LogP contribution in [0.3, 0.4) is 0 Å². The molecular formula is C29H32N2O2. The van der Waals surface area contributed by atoms with E-state index in [1.807, 2.05) is 66.7 Å². The van der Waals surface area contributed by atoms with Crippen LogP contribution in [-0.4, -0.2) is 27.9 Å². The fourth-order valence-electron chi connectivity index (χ4n) is 5.76. The molecule has 2 aliphatic carbocycles. The van der Waals surface area contributed by atoms with Crippen LogP contribution < -0.4 is 0 Å². The Bertz CT molecular complexity index is 1100. The fraction of sp³-hybridized carbons (Fsp3) is 0.379. The number of amides is 1. The zero-order valence-corrected chi connectivity index (χ0v) is 19.2. The number of hydrogen-bond donors (Lipinski definition) is 1. The van der Waals surface area contributed by atoms with E-state index in [1.165, 1.54) is 11.1 Å². The van der Waals surface area contributed by atoms with E-state index in [4.69, 9.17) is 0 Å². The van der Waals surface area contributed by atoms with Crippen molar-refractivity contribution in [1.29, 1.82) is 0 Å². The molecule has 2 aromatic carbocycles. The smallest absolute Gasteiger partial charge is 0.254 e. The molecule has 0 aliphatic heterocycles. The Kier molecular flexibility index (Phi) is 6.28. The van der Waals surface area contributed by atoms with Crippen LogP contribution in [0.15, 0.2) is 72.9 Å². The van der Waals surface area contributed by atoms with Gasteiger partial charge in [-0.3, -0.25) is 9.78 Å². The predicted molar refractivity (Wildman–Crippen MR) is 130 cm³/mol. The predicted octanol–water partition coefficient (Wildman–Crippen LogP) is 5.53. The van der Waals surface area contributed by atoms with Crippen molar-refractivity contribution in [3.63, 3.8) is 0 Å². The van der Waals surface area contributed by atoms with Crippen molar-refractivity contribution in [2.45, 2.75) is 50.7 Å². The highest BCUT2D eigenvalue weighted by molar-refractivity contribution is 5.94. The van der Waals surface area contributed by atoms with Gasteiger partial charge in [0.15, 0.2) is 0 Å². The Morgan fingerprint density at radius 2 is 1.82 bits per heavy atom. The highest BCUT2D eigenvalue weighted by Crippen LogP contribution is 2.40. The molecule has 4 heteroatoms. The number of fused-ring (bicyclic) bond motifs is 1. The number of benzene rings is 2. The van der Waals surface area contributed by atoms with E-state index in [2.05, 4.69) is 23.2 Å². The first kappa shape index (κ1) is 21.8. The molecule has 1 aromatic heterocycles. The van der Waals surface area contributed by atoms with Gasteiger partial charge in [-0.05, 0) is 85.3 Å². The normalized spacial score (nSPS) is 22.7. The number of nitrogens with zero attached hydrogens (tertiary/aromatic N) is 2. The van der Waals surface area contributed by atoms with Crippen LogP contribution in [0.5, 0.6) is 0 Å². The zero-order valence-electron chi connectivity index (χ0n) is 19.2. The number of pyridine rings is 1. The summed E-state index contributed by atoms with van der Waals surface area (Å²) >= 11 is 0. The summed E-state index contributed by atoms with van der Waals surface area (Å²) in [5, 5.41) is 10.8. The third-order valence-electron chi connectivity index (χ3n) is 7.62. The van der Waals surface area contributed by atoms with Gasteiger partial charge in [-0.2, -0.15) is 0 Å².